The van der Waals surface area contributed by atoms with Crippen LogP contribution >= 0.6 is 0 Å². The minimum Gasteiger partial charge on any atom is -0.307 e. The summed E-state index contributed by atoms with van der Waals surface area (Å²) in [5, 5.41) is 3.83. The highest BCUT2D eigenvalue weighted by Crippen LogP contribution is 2.38. The van der Waals surface area contributed by atoms with Crippen LogP contribution < -0.4 is 5.32 Å². The van der Waals surface area contributed by atoms with Crippen molar-refractivity contribution in [3.8, 4) is 0 Å². The molecule has 1 nitrogen and oxygen atoms in total. The first kappa shape index (κ1) is 10.3. The van der Waals surface area contributed by atoms with Crippen molar-refractivity contribution in [2.24, 2.45) is 5.92 Å². The quantitative estimate of drug-likeness (QED) is 0.755. The first-order chi connectivity index (χ1) is 7.83. The highest BCUT2D eigenvalue weighted by molar-refractivity contribution is 5.25. The molecule has 2 aliphatic rings. The van der Waals surface area contributed by atoms with Crippen LogP contribution in [0.15, 0.2) is 24.3 Å². The summed E-state index contributed by atoms with van der Waals surface area (Å²) in [5.74, 6) is 0.944. The first-order valence-corrected chi connectivity index (χ1v) is 6.65. The van der Waals surface area contributed by atoms with Gasteiger partial charge in [0.15, 0.2) is 0 Å². The van der Waals surface area contributed by atoms with Crippen molar-refractivity contribution in [1.82, 2.24) is 5.32 Å². The molecule has 1 aliphatic heterocycles. The van der Waals surface area contributed by atoms with Gasteiger partial charge >= 0.3 is 0 Å². The van der Waals surface area contributed by atoms with E-state index in [1.165, 1.54) is 43.2 Å². The highest BCUT2D eigenvalue weighted by atomic mass is 15.0. The fourth-order valence-corrected chi connectivity index (χ4v) is 3.37. The Labute approximate surface area is 98.3 Å². The van der Waals surface area contributed by atoms with Crippen molar-refractivity contribution >= 4 is 0 Å². The zero-order valence-corrected chi connectivity index (χ0v) is 10.1. The van der Waals surface area contributed by atoms with E-state index in [-0.39, 0.29) is 0 Å². The van der Waals surface area contributed by atoms with E-state index < -0.39 is 0 Å². The fraction of sp³-hybridized carbons (Fsp3) is 0.600. The molecule has 1 N–H and O–H groups in total. The van der Waals surface area contributed by atoms with Gasteiger partial charge in [-0.05, 0) is 37.7 Å². The van der Waals surface area contributed by atoms with E-state index in [0.29, 0.717) is 6.04 Å². The van der Waals surface area contributed by atoms with Crippen molar-refractivity contribution in [3.63, 3.8) is 0 Å². The Morgan fingerprint density at radius 3 is 2.56 bits per heavy atom. The molecule has 3 rings (SSSR count). The molecule has 3 unspecified atom stereocenters. The van der Waals surface area contributed by atoms with Crippen LogP contribution in [0.25, 0.3) is 0 Å². The van der Waals surface area contributed by atoms with Crippen molar-refractivity contribution in [2.45, 2.75) is 51.1 Å². The van der Waals surface area contributed by atoms with Gasteiger partial charge in [-0.1, -0.05) is 42.7 Å². The molecule has 1 heterocycles. The second-order valence-electron chi connectivity index (χ2n) is 5.52. The lowest BCUT2D eigenvalue weighted by Crippen LogP contribution is -2.30. The molecular formula is C15H21N. The average Bonchev–Trinajstić information content (AvgIpc) is 2.73. The van der Waals surface area contributed by atoms with Crippen molar-refractivity contribution < 1.29 is 0 Å². The number of aryl methyl sites for hydroxylation is 1. The summed E-state index contributed by atoms with van der Waals surface area (Å²) in [6.45, 7) is 2.16. The van der Waals surface area contributed by atoms with Gasteiger partial charge in [-0.25, -0.2) is 0 Å². The summed E-state index contributed by atoms with van der Waals surface area (Å²) >= 11 is 0. The van der Waals surface area contributed by atoms with Gasteiger partial charge in [0.25, 0.3) is 0 Å². The average molecular weight is 215 g/mol. The molecule has 0 amide bonds. The Morgan fingerprint density at radius 2 is 1.81 bits per heavy atom. The van der Waals surface area contributed by atoms with Crippen molar-refractivity contribution in [1.29, 1.82) is 0 Å². The standard InChI is InChI=1S/C15H21N/c1-11-6-8-12(9-7-11)15-10-13-4-2-3-5-14(13)16-15/h6-9,13-16H,2-5,10H2,1H3. The topological polar surface area (TPSA) is 12.0 Å². The van der Waals surface area contributed by atoms with Crippen LogP contribution in [-0.2, 0) is 0 Å². The highest BCUT2D eigenvalue weighted by Gasteiger charge is 2.35. The van der Waals surface area contributed by atoms with Gasteiger partial charge in [-0.3, -0.25) is 0 Å². The number of hydrogen-bond acceptors (Lipinski definition) is 1. The molecule has 0 bridgehead atoms. The molecule has 86 valence electrons. The number of nitrogens with one attached hydrogen (secondary N) is 1. The monoisotopic (exact) mass is 215 g/mol. The lowest BCUT2D eigenvalue weighted by molar-refractivity contribution is 0.325. The first-order valence-electron chi connectivity index (χ1n) is 6.65. The van der Waals surface area contributed by atoms with Gasteiger partial charge in [-0.2, -0.15) is 0 Å². The second kappa shape index (κ2) is 4.21. The van der Waals surface area contributed by atoms with Gasteiger partial charge in [0, 0.05) is 12.1 Å². The minimum absolute atomic E-state index is 0.619. The van der Waals surface area contributed by atoms with Crippen LogP contribution in [0.5, 0.6) is 0 Å². The third kappa shape index (κ3) is 1.89. The van der Waals surface area contributed by atoms with Crippen LogP contribution in [0.1, 0.15) is 49.3 Å². The normalized spacial score (nSPS) is 33.7. The largest absolute Gasteiger partial charge is 0.307 e. The zero-order chi connectivity index (χ0) is 11.0. The van der Waals surface area contributed by atoms with Gasteiger partial charge in [0.1, 0.15) is 0 Å². The molecule has 1 heteroatoms. The molecule has 1 aromatic carbocycles. The summed E-state index contributed by atoms with van der Waals surface area (Å²) in [7, 11) is 0. The number of fused-ring (bicyclic) bond motifs is 1. The van der Waals surface area contributed by atoms with Crippen LogP contribution in [0, 0.1) is 12.8 Å². The Hall–Kier alpha value is -0.820. The van der Waals surface area contributed by atoms with Crippen molar-refractivity contribution in [3.05, 3.63) is 35.4 Å². The third-order valence-electron chi connectivity index (χ3n) is 4.34. The molecule has 2 fully saturated rings. The van der Waals surface area contributed by atoms with Crippen LogP contribution in [0.4, 0.5) is 0 Å². The van der Waals surface area contributed by atoms with E-state index in [9.17, 15) is 0 Å². The molecule has 16 heavy (non-hydrogen) atoms. The van der Waals surface area contributed by atoms with Crippen LogP contribution in [0.2, 0.25) is 0 Å². The number of hydrogen-bond donors (Lipinski definition) is 1. The van der Waals surface area contributed by atoms with Gasteiger partial charge in [-0.15, -0.1) is 0 Å². The predicted molar refractivity (Wildman–Crippen MR) is 67.4 cm³/mol. The molecule has 1 saturated carbocycles. The van der Waals surface area contributed by atoms with E-state index in [1.54, 1.807) is 0 Å². The zero-order valence-electron chi connectivity index (χ0n) is 10.1. The molecule has 1 aromatic rings. The van der Waals surface area contributed by atoms with Crippen molar-refractivity contribution in [2.75, 3.05) is 0 Å². The predicted octanol–water partition coefficient (Wildman–Crippen LogP) is 3.59. The van der Waals surface area contributed by atoms with E-state index >= 15 is 0 Å². The molecule has 3 atom stereocenters. The Kier molecular flexibility index (Phi) is 2.72. The van der Waals surface area contributed by atoms with Gasteiger partial charge in [0.2, 0.25) is 0 Å². The smallest absolute Gasteiger partial charge is 0.0325 e. The van der Waals surface area contributed by atoms with E-state index in [1.807, 2.05) is 0 Å². The molecule has 0 radical (unpaired) electrons. The summed E-state index contributed by atoms with van der Waals surface area (Å²) in [4.78, 5) is 0. The van der Waals surface area contributed by atoms with Gasteiger partial charge < -0.3 is 5.32 Å². The molecule has 0 aromatic heterocycles. The molecule has 0 spiro atoms. The van der Waals surface area contributed by atoms with E-state index in [4.69, 9.17) is 0 Å². The summed E-state index contributed by atoms with van der Waals surface area (Å²) in [5.41, 5.74) is 2.85. The molecule has 1 aliphatic carbocycles. The van der Waals surface area contributed by atoms with Crippen LogP contribution in [-0.4, -0.2) is 6.04 Å². The Balaban J connectivity index is 1.75. The maximum Gasteiger partial charge on any atom is 0.0325 e. The lowest BCUT2D eigenvalue weighted by Gasteiger charge is -2.24. The number of rotatable bonds is 1. The molecular weight excluding hydrogens is 194 g/mol. The summed E-state index contributed by atoms with van der Waals surface area (Å²) < 4.78 is 0. The maximum absolute atomic E-state index is 3.83. The van der Waals surface area contributed by atoms with E-state index in [2.05, 4.69) is 36.5 Å². The lowest BCUT2D eigenvalue weighted by atomic mass is 9.84. The second-order valence-corrected chi connectivity index (χ2v) is 5.52. The fourth-order valence-electron chi connectivity index (χ4n) is 3.37. The SMILES string of the molecule is Cc1ccc(C2CC3CCCCC3N2)cc1. The Bertz CT molecular complexity index is 340. The number of benzene rings is 1. The third-order valence-corrected chi connectivity index (χ3v) is 4.34. The summed E-state index contributed by atoms with van der Waals surface area (Å²) in [6.07, 6.45) is 7.07. The molecule has 1 saturated heterocycles. The van der Waals surface area contributed by atoms with Crippen LogP contribution in [0.3, 0.4) is 0 Å². The maximum atomic E-state index is 3.83. The van der Waals surface area contributed by atoms with E-state index in [0.717, 1.165) is 12.0 Å². The van der Waals surface area contributed by atoms with Gasteiger partial charge in [0.05, 0.1) is 0 Å². The Morgan fingerprint density at radius 1 is 1.06 bits per heavy atom. The summed E-state index contributed by atoms with van der Waals surface area (Å²) in [6, 6.07) is 10.5. The minimum atomic E-state index is 0.619.